The maximum absolute atomic E-state index is 13.0. The summed E-state index contributed by atoms with van der Waals surface area (Å²) in [6, 6.07) is 5.54. The topological polar surface area (TPSA) is 55.8 Å². The summed E-state index contributed by atoms with van der Waals surface area (Å²) in [5.41, 5.74) is 0.469. The molecule has 0 aromatic heterocycles. The molecule has 25 heavy (non-hydrogen) atoms. The number of amides is 1. The summed E-state index contributed by atoms with van der Waals surface area (Å²) in [7, 11) is 0. The van der Waals surface area contributed by atoms with Crippen LogP contribution in [0.4, 0.5) is 4.39 Å². The van der Waals surface area contributed by atoms with Crippen molar-refractivity contribution >= 4 is 11.9 Å². The van der Waals surface area contributed by atoms with Crippen LogP contribution in [0.2, 0.25) is 0 Å². The number of rotatable bonds is 4. The minimum Gasteiger partial charge on any atom is -0.463 e. The van der Waals surface area contributed by atoms with E-state index in [4.69, 9.17) is 9.47 Å². The highest BCUT2D eigenvalue weighted by Crippen LogP contribution is 2.21. The van der Waals surface area contributed by atoms with Gasteiger partial charge in [0.15, 0.2) is 0 Å². The van der Waals surface area contributed by atoms with Gasteiger partial charge in [0.25, 0.3) is 5.91 Å². The lowest BCUT2D eigenvalue weighted by molar-refractivity contribution is -0.155. The molecule has 1 unspecified atom stereocenters. The minimum atomic E-state index is -0.361. The van der Waals surface area contributed by atoms with Crippen molar-refractivity contribution in [1.29, 1.82) is 0 Å². The summed E-state index contributed by atoms with van der Waals surface area (Å²) in [5, 5.41) is 0. The number of carbonyl (C=O) groups excluding carboxylic acids is 2. The molecule has 136 valence electrons. The molecule has 1 amide bonds. The van der Waals surface area contributed by atoms with Crippen LogP contribution in [-0.4, -0.2) is 49.2 Å². The van der Waals surface area contributed by atoms with Crippen LogP contribution < -0.4 is 0 Å². The van der Waals surface area contributed by atoms with E-state index in [0.29, 0.717) is 38.1 Å². The fraction of sp³-hybridized carbons (Fsp3) is 0.579. The van der Waals surface area contributed by atoms with Crippen LogP contribution in [0.5, 0.6) is 0 Å². The number of halogens is 1. The Kier molecular flexibility index (Phi) is 6.02. The molecular weight excluding hydrogens is 325 g/mol. The van der Waals surface area contributed by atoms with E-state index in [1.165, 1.54) is 24.3 Å². The Balaban J connectivity index is 1.43. The van der Waals surface area contributed by atoms with E-state index in [1.807, 2.05) is 0 Å². The molecule has 0 spiro atoms. The second-order valence-corrected chi connectivity index (χ2v) is 6.69. The highest BCUT2D eigenvalue weighted by Gasteiger charge is 2.29. The summed E-state index contributed by atoms with van der Waals surface area (Å²) in [4.78, 5) is 26.3. The lowest BCUT2D eigenvalue weighted by atomic mass is 9.96. The highest BCUT2D eigenvalue weighted by atomic mass is 19.1. The highest BCUT2D eigenvalue weighted by molar-refractivity contribution is 5.94. The summed E-state index contributed by atoms with van der Waals surface area (Å²) in [6.45, 7) is 2.09. The molecule has 0 saturated carbocycles. The van der Waals surface area contributed by atoms with Crippen molar-refractivity contribution in [2.45, 2.75) is 38.2 Å². The van der Waals surface area contributed by atoms with E-state index in [1.54, 1.807) is 4.90 Å². The number of likely N-dealkylation sites (tertiary alicyclic amines) is 1. The number of hydrogen-bond acceptors (Lipinski definition) is 4. The fourth-order valence-corrected chi connectivity index (χ4v) is 3.33. The smallest absolute Gasteiger partial charge is 0.309 e. The van der Waals surface area contributed by atoms with Gasteiger partial charge in [0.1, 0.15) is 12.4 Å². The Labute approximate surface area is 147 Å². The van der Waals surface area contributed by atoms with Gasteiger partial charge in [-0.3, -0.25) is 9.59 Å². The Bertz CT molecular complexity index is 590. The van der Waals surface area contributed by atoms with Gasteiger partial charge in [-0.25, -0.2) is 4.39 Å². The van der Waals surface area contributed by atoms with Crippen LogP contribution >= 0.6 is 0 Å². The fourth-order valence-electron chi connectivity index (χ4n) is 3.33. The van der Waals surface area contributed by atoms with Crippen molar-refractivity contribution in [1.82, 2.24) is 4.90 Å². The van der Waals surface area contributed by atoms with Gasteiger partial charge in [0.05, 0.1) is 12.0 Å². The van der Waals surface area contributed by atoms with Crippen molar-refractivity contribution in [2.75, 3.05) is 26.3 Å². The maximum atomic E-state index is 13.0. The van der Waals surface area contributed by atoms with Crippen molar-refractivity contribution in [3.05, 3.63) is 35.6 Å². The first kappa shape index (κ1) is 17.9. The molecule has 0 aliphatic carbocycles. The van der Waals surface area contributed by atoms with Gasteiger partial charge in [-0.1, -0.05) is 0 Å². The Morgan fingerprint density at radius 1 is 1.12 bits per heavy atom. The molecule has 1 aromatic carbocycles. The van der Waals surface area contributed by atoms with Crippen molar-refractivity contribution in [2.24, 2.45) is 5.92 Å². The van der Waals surface area contributed by atoms with Gasteiger partial charge in [0, 0.05) is 25.3 Å². The number of carbonyl (C=O) groups is 2. The van der Waals surface area contributed by atoms with Crippen LogP contribution in [0.15, 0.2) is 24.3 Å². The summed E-state index contributed by atoms with van der Waals surface area (Å²) in [5.74, 6) is -0.841. The number of ether oxygens (including phenoxy) is 2. The van der Waals surface area contributed by atoms with E-state index in [0.717, 1.165) is 25.9 Å². The van der Waals surface area contributed by atoms with E-state index in [9.17, 15) is 14.0 Å². The lowest BCUT2D eigenvalue weighted by Gasteiger charge is -2.31. The number of benzene rings is 1. The first-order valence-corrected chi connectivity index (χ1v) is 8.96. The second-order valence-electron chi connectivity index (χ2n) is 6.69. The summed E-state index contributed by atoms with van der Waals surface area (Å²) in [6.07, 6.45) is 4.35. The molecule has 1 aromatic rings. The molecule has 0 radical (unpaired) electrons. The third kappa shape index (κ3) is 4.78. The minimum absolute atomic E-state index is 0.0258. The number of nitrogens with zero attached hydrogens (tertiary/aromatic N) is 1. The zero-order valence-corrected chi connectivity index (χ0v) is 14.3. The first-order chi connectivity index (χ1) is 12.1. The van der Waals surface area contributed by atoms with E-state index in [2.05, 4.69) is 0 Å². The molecule has 5 nitrogen and oxygen atoms in total. The van der Waals surface area contributed by atoms with Gasteiger partial charge in [-0.2, -0.15) is 0 Å². The molecular formula is C19H24FNO4. The van der Waals surface area contributed by atoms with Crippen LogP contribution in [0.3, 0.4) is 0 Å². The number of piperidine rings is 1. The predicted octanol–water partition coefficient (Wildman–Crippen LogP) is 2.79. The van der Waals surface area contributed by atoms with Crippen LogP contribution in [0, 0.1) is 11.7 Å². The first-order valence-electron chi connectivity index (χ1n) is 8.96. The van der Waals surface area contributed by atoms with Crippen molar-refractivity contribution in [3.63, 3.8) is 0 Å². The Hall–Kier alpha value is -1.95. The van der Waals surface area contributed by atoms with Crippen LogP contribution in [0.1, 0.15) is 42.5 Å². The van der Waals surface area contributed by atoms with Gasteiger partial charge < -0.3 is 14.4 Å². The predicted molar refractivity (Wildman–Crippen MR) is 89.6 cm³/mol. The average Bonchev–Trinajstić information content (AvgIpc) is 2.67. The second kappa shape index (κ2) is 8.43. The molecule has 2 saturated heterocycles. The number of hydrogen-bond donors (Lipinski definition) is 0. The standard InChI is InChI=1S/C19H24FNO4/c20-16-6-4-14(5-7-16)18(22)21-10-8-15(9-11-21)19(23)25-13-17-3-1-2-12-24-17/h4-7,15,17H,1-3,8-13H2. The molecule has 2 aliphatic heterocycles. The average molecular weight is 349 g/mol. The molecule has 0 bridgehead atoms. The van der Waals surface area contributed by atoms with Gasteiger partial charge in [0.2, 0.25) is 0 Å². The van der Waals surface area contributed by atoms with E-state index >= 15 is 0 Å². The molecule has 6 heteroatoms. The molecule has 0 N–H and O–H groups in total. The van der Waals surface area contributed by atoms with Gasteiger partial charge in [-0.15, -0.1) is 0 Å². The molecule has 2 aliphatic rings. The molecule has 2 fully saturated rings. The number of esters is 1. The third-order valence-corrected chi connectivity index (χ3v) is 4.89. The quantitative estimate of drug-likeness (QED) is 0.785. The van der Waals surface area contributed by atoms with Crippen LogP contribution in [0.25, 0.3) is 0 Å². The third-order valence-electron chi connectivity index (χ3n) is 4.89. The Morgan fingerprint density at radius 2 is 1.84 bits per heavy atom. The summed E-state index contributed by atoms with van der Waals surface area (Å²) >= 11 is 0. The van der Waals surface area contributed by atoms with Crippen molar-refractivity contribution in [3.8, 4) is 0 Å². The molecule has 2 heterocycles. The largest absolute Gasteiger partial charge is 0.463 e. The molecule has 3 rings (SSSR count). The Morgan fingerprint density at radius 3 is 2.48 bits per heavy atom. The van der Waals surface area contributed by atoms with E-state index < -0.39 is 0 Å². The zero-order valence-electron chi connectivity index (χ0n) is 14.3. The van der Waals surface area contributed by atoms with Crippen LogP contribution in [-0.2, 0) is 14.3 Å². The van der Waals surface area contributed by atoms with E-state index in [-0.39, 0.29) is 29.7 Å². The normalized spacial score (nSPS) is 21.8. The maximum Gasteiger partial charge on any atom is 0.309 e. The SMILES string of the molecule is O=C(OCC1CCCCO1)C1CCN(C(=O)c2ccc(F)cc2)CC1. The monoisotopic (exact) mass is 349 g/mol. The lowest BCUT2D eigenvalue weighted by Crippen LogP contribution is -2.41. The summed E-state index contributed by atoms with van der Waals surface area (Å²) < 4.78 is 23.9. The zero-order chi connectivity index (χ0) is 17.6. The van der Waals surface area contributed by atoms with Gasteiger partial charge in [-0.05, 0) is 56.4 Å². The van der Waals surface area contributed by atoms with Gasteiger partial charge >= 0.3 is 5.97 Å². The van der Waals surface area contributed by atoms with Crippen molar-refractivity contribution < 1.29 is 23.5 Å². The molecule has 1 atom stereocenters.